The van der Waals surface area contributed by atoms with E-state index >= 15 is 8.78 Å². The number of amides is 2. The molecule has 1 aliphatic heterocycles. The molecule has 2 amide bonds. The third-order valence-corrected chi connectivity index (χ3v) is 6.54. The number of carbonyl (C=O) groups excluding carboxylic acids is 2. The average molecular weight is 597 g/mol. The third-order valence-electron chi connectivity index (χ3n) is 6.54. The number of likely N-dealkylation sites (N-methyl/N-ethyl adjacent to an activating group) is 1. The Morgan fingerprint density at radius 3 is 2.33 bits per heavy atom. The van der Waals surface area contributed by atoms with Gasteiger partial charge in [0.05, 0.1) is 12.2 Å². The topological polar surface area (TPSA) is 90.9 Å². The fraction of sp³-hybridized carbons (Fsp3) is 0.333. The number of aromatic nitrogens is 2. The summed E-state index contributed by atoms with van der Waals surface area (Å²) >= 11 is 0. The first kappa shape index (κ1) is 30.6. The summed E-state index contributed by atoms with van der Waals surface area (Å²) in [5, 5.41) is 3.02. The summed E-state index contributed by atoms with van der Waals surface area (Å²) in [6.07, 6.45) is -5.49. The van der Waals surface area contributed by atoms with Crippen LogP contribution in [-0.2, 0) is 16.2 Å². The van der Waals surface area contributed by atoms with E-state index in [1.807, 2.05) is 13.8 Å². The van der Waals surface area contributed by atoms with E-state index in [9.17, 15) is 27.2 Å². The Hall–Kier alpha value is -4.40. The number of para-hydroxylation sites is 1. The molecule has 0 saturated carbocycles. The smallest absolute Gasteiger partial charge is 0.353 e. The molecule has 1 aliphatic rings. The van der Waals surface area contributed by atoms with Crippen molar-refractivity contribution in [3.8, 4) is 11.3 Å². The minimum absolute atomic E-state index is 0.00476. The first-order valence-corrected chi connectivity index (χ1v) is 12.8. The normalized spacial score (nSPS) is 13.4. The second-order valence-electron chi connectivity index (χ2n) is 9.21. The number of benzene rings is 2. The lowest BCUT2D eigenvalue weighted by atomic mass is 10.00. The predicted molar refractivity (Wildman–Crippen MR) is 140 cm³/mol. The number of halogens is 6. The Kier molecular flexibility index (Phi) is 8.89. The molecule has 3 aromatic rings. The van der Waals surface area contributed by atoms with Crippen molar-refractivity contribution in [2.45, 2.75) is 33.5 Å². The first-order valence-electron chi connectivity index (χ1n) is 12.8. The Bertz CT molecular complexity index is 1480. The molecule has 0 atom stereocenters. The molecule has 4 rings (SSSR count). The minimum Gasteiger partial charge on any atom is -0.353 e. The molecule has 0 fully saturated rings. The molecule has 42 heavy (non-hydrogen) atoms. The van der Waals surface area contributed by atoms with Crippen LogP contribution in [-0.4, -0.2) is 64.3 Å². The summed E-state index contributed by atoms with van der Waals surface area (Å²) in [6, 6.07) is 4.83. The molecule has 224 valence electrons. The molecule has 0 radical (unpaired) electrons. The van der Waals surface area contributed by atoms with Crippen LogP contribution in [0.25, 0.3) is 11.3 Å². The Labute approximate surface area is 236 Å². The van der Waals surface area contributed by atoms with Crippen LogP contribution in [0.4, 0.5) is 48.6 Å². The van der Waals surface area contributed by atoms with Crippen LogP contribution in [0.1, 0.15) is 25.0 Å². The van der Waals surface area contributed by atoms with Crippen molar-refractivity contribution in [1.29, 1.82) is 0 Å². The highest BCUT2D eigenvalue weighted by Gasteiger charge is 2.46. The molecule has 0 bridgehead atoms. The van der Waals surface area contributed by atoms with Crippen LogP contribution in [0.3, 0.4) is 0 Å². The summed E-state index contributed by atoms with van der Waals surface area (Å²) in [7, 11) is 0. The summed E-state index contributed by atoms with van der Waals surface area (Å²) < 4.78 is 83.3. The number of hydroxylamine groups is 2. The van der Waals surface area contributed by atoms with Crippen LogP contribution >= 0.6 is 0 Å². The highest BCUT2D eigenvalue weighted by Crippen LogP contribution is 2.41. The maximum Gasteiger partial charge on any atom is 0.493 e. The van der Waals surface area contributed by atoms with E-state index in [1.165, 1.54) is 12.1 Å². The number of urea groups is 1. The SMILES string of the molecule is CCN(CC)CCNc1nc(-c2ccc(F)cc2C)c2c(n1)N(c1c(F)cccc1F)C(=O)N(OC(=O)C(F)(F)F)C2. The number of rotatable bonds is 9. The molecule has 0 aliphatic carbocycles. The van der Waals surface area contributed by atoms with Crippen molar-refractivity contribution in [3.05, 3.63) is 65.0 Å². The number of nitrogens with one attached hydrogen (secondary N) is 1. The van der Waals surface area contributed by atoms with Gasteiger partial charge in [0.1, 0.15) is 23.1 Å². The van der Waals surface area contributed by atoms with Gasteiger partial charge in [0.2, 0.25) is 5.95 Å². The summed E-state index contributed by atoms with van der Waals surface area (Å²) in [6.45, 7) is 7.06. The minimum atomic E-state index is -5.49. The Balaban J connectivity index is 1.94. The van der Waals surface area contributed by atoms with Gasteiger partial charge >= 0.3 is 18.2 Å². The highest BCUT2D eigenvalue weighted by atomic mass is 19.4. The maximum absolute atomic E-state index is 15.0. The lowest BCUT2D eigenvalue weighted by Crippen LogP contribution is -2.48. The second-order valence-corrected chi connectivity index (χ2v) is 9.21. The third kappa shape index (κ3) is 6.25. The standard InChI is InChI=1S/C27H26F6N6O3/c1-4-37(5-2)12-11-34-25-35-21(17-10-9-16(28)13-15(17)3)18-14-38(42-24(40)27(31,32)33)26(41)39(23(18)36-25)22-19(29)7-6-8-20(22)30/h6-10,13H,4-5,11-12,14H2,1-3H3,(H,34,35,36). The molecule has 0 saturated heterocycles. The van der Waals surface area contributed by atoms with Crippen molar-refractivity contribution >= 4 is 29.5 Å². The zero-order valence-electron chi connectivity index (χ0n) is 22.7. The zero-order valence-corrected chi connectivity index (χ0v) is 22.7. The molecule has 2 heterocycles. The van der Waals surface area contributed by atoms with E-state index in [0.29, 0.717) is 23.6 Å². The molecule has 1 N–H and O–H groups in total. The molecule has 15 heteroatoms. The predicted octanol–water partition coefficient (Wildman–Crippen LogP) is 5.72. The summed E-state index contributed by atoms with van der Waals surface area (Å²) in [5.74, 6) is -6.25. The molecular weight excluding hydrogens is 570 g/mol. The monoisotopic (exact) mass is 596 g/mol. The van der Waals surface area contributed by atoms with Crippen LogP contribution in [0.15, 0.2) is 36.4 Å². The largest absolute Gasteiger partial charge is 0.493 e. The van der Waals surface area contributed by atoms with E-state index in [0.717, 1.165) is 37.4 Å². The van der Waals surface area contributed by atoms with E-state index in [4.69, 9.17) is 0 Å². The van der Waals surface area contributed by atoms with Gasteiger partial charge < -0.3 is 15.1 Å². The van der Waals surface area contributed by atoms with Crippen molar-refractivity contribution in [2.75, 3.05) is 36.4 Å². The lowest BCUT2D eigenvalue weighted by Gasteiger charge is -2.35. The zero-order chi connectivity index (χ0) is 30.8. The Morgan fingerprint density at radius 2 is 1.74 bits per heavy atom. The van der Waals surface area contributed by atoms with E-state index < -0.39 is 47.9 Å². The van der Waals surface area contributed by atoms with Crippen molar-refractivity contribution in [3.63, 3.8) is 0 Å². The van der Waals surface area contributed by atoms with Crippen LogP contribution in [0, 0.1) is 24.4 Å². The summed E-state index contributed by atoms with van der Waals surface area (Å²) in [5.41, 5.74) is -0.441. The lowest BCUT2D eigenvalue weighted by molar-refractivity contribution is -0.229. The van der Waals surface area contributed by atoms with Gasteiger partial charge in [-0.2, -0.15) is 18.2 Å². The molecule has 1 aromatic heterocycles. The Morgan fingerprint density at radius 1 is 1.07 bits per heavy atom. The van der Waals surface area contributed by atoms with E-state index in [2.05, 4.69) is 25.0 Å². The van der Waals surface area contributed by atoms with Gasteiger partial charge in [0.15, 0.2) is 5.82 Å². The van der Waals surface area contributed by atoms with Crippen molar-refractivity contribution in [2.24, 2.45) is 0 Å². The molecule has 0 unspecified atom stereocenters. The molecule has 9 nitrogen and oxygen atoms in total. The number of anilines is 3. The number of hydrogen-bond donors (Lipinski definition) is 1. The summed E-state index contributed by atoms with van der Waals surface area (Å²) in [4.78, 5) is 40.7. The van der Waals surface area contributed by atoms with Gasteiger partial charge in [-0.25, -0.2) is 32.6 Å². The van der Waals surface area contributed by atoms with E-state index in [-0.39, 0.29) is 33.7 Å². The number of fused-ring (bicyclic) bond motifs is 1. The van der Waals surface area contributed by atoms with Crippen molar-refractivity contribution in [1.82, 2.24) is 19.9 Å². The quantitative estimate of drug-likeness (QED) is 0.316. The number of alkyl halides is 3. The van der Waals surface area contributed by atoms with Gasteiger partial charge in [-0.05, 0) is 55.9 Å². The molecular formula is C27H26F6N6O3. The van der Waals surface area contributed by atoms with Crippen LogP contribution in [0.5, 0.6) is 0 Å². The van der Waals surface area contributed by atoms with Crippen molar-refractivity contribution < 1.29 is 40.8 Å². The number of nitrogens with zero attached hydrogens (tertiary/aromatic N) is 5. The van der Waals surface area contributed by atoms with Gasteiger partial charge in [0, 0.05) is 24.2 Å². The number of hydrogen-bond acceptors (Lipinski definition) is 7. The van der Waals surface area contributed by atoms with Gasteiger partial charge in [0.25, 0.3) is 0 Å². The van der Waals surface area contributed by atoms with Gasteiger partial charge in [-0.15, -0.1) is 5.06 Å². The highest BCUT2D eigenvalue weighted by molar-refractivity contribution is 6.02. The van der Waals surface area contributed by atoms with E-state index in [1.54, 1.807) is 6.92 Å². The fourth-order valence-corrected chi connectivity index (χ4v) is 4.40. The molecule has 2 aromatic carbocycles. The first-order chi connectivity index (χ1) is 19.8. The van der Waals surface area contributed by atoms with Crippen LogP contribution < -0.4 is 10.2 Å². The number of carbonyl (C=O) groups is 2. The molecule has 0 spiro atoms. The van der Waals surface area contributed by atoms with Crippen LogP contribution in [0.2, 0.25) is 0 Å². The van der Waals surface area contributed by atoms with Gasteiger partial charge in [-0.3, -0.25) is 0 Å². The average Bonchev–Trinajstić information content (AvgIpc) is 2.92. The second kappa shape index (κ2) is 12.2. The number of aryl methyl sites for hydroxylation is 1. The fourth-order valence-electron chi connectivity index (χ4n) is 4.40. The maximum atomic E-state index is 15.0. The van der Waals surface area contributed by atoms with Gasteiger partial charge in [-0.1, -0.05) is 19.9 Å².